The van der Waals surface area contributed by atoms with Crippen molar-refractivity contribution in [3.8, 4) is 11.5 Å². The van der Waals surface area contributed by atoms with Gasteiger partial charge in [-0.15, -0.1) is 0 Å². The van der Waals surface area contributed by atoms with Crippen LogP contribution in [0.15, 0.2) is 34.0 Å². The third-order valence-electron chi connectivity index (χ3n) is 3.06. The van der Waals surface area contributed by atoms with Crippen molar-refractivity contribution in [1.82, 2.24) is 5.43 Å². The van der Waals surface area contributed by atoms with Crippen LogP contribution in [0.2, 0.25) is 0 Å². The number of nitro groups is 1. The molecule has 2 rings (SSSR count). The van der Waals surface area contributed by atoms with Gasteiger partial charge in [-0.2, -0.15) is 5.10 Å². The number of hydrazone groups is 1. The maximum atomic E-state index is 11.9. The smallest absolute Gasteiger partial charge is 0.315 e. The van der Waals surface area contributed by atoms with Crippen molar-refractivity contribution in [3.63, 3.8) is 0 Å². The molecular weight excluding hydrogens is 318 g/mol. The monoisotopic (exact) mass is 333 g/mol. The van der Waals surface area contributed by atoms with E-state index in [1.807, 2.05) is 0 Å². The molecule has 1 heterocycles. The molecule has 1 amide bonds. The molecule has 9 heteroatoms. The topological polar surface area (TPSA) is 127 Å². The molecule has 0 radical (unpaired) electrons. The largest absolute Gasteiger partial charge is 0.500 e. The maximum Gasteiger partial charge on any atom is 0.315 e. The van der Waals surface area contributed by atoms with E-state index in [1.165, 1.54) is 24.6 Å². The van der Waals surface area contributed by atoms with Gasteiger partial charge in [0, 0.05) is 11.6 Å². The van der Waals surface area contributed by atoms with Crippen LogP contribution in [0.3, 0.4) is 0 Å². The van der Waals surface area contributed by atoms with Crippen molar-refractivity contribution in [1.29, 1.82) is 0 Å². The van der Waals surface area contributed by atoms with Crippen LogP contribution in [-0.4, -0.2) is 28.8 Å². The van der Waals surface area contributed by atoms with Gasteiger partial charge < -0.3 is 14.3 Å². The first-order valence-corrected chi connectivity index (χ1v) is 6.95. The number of benzene rings is 1. The van der Waals surface area contributed by atoms with Crippen molar-refractivity contribution in [2.45, 2.75) is 13.8 Å². The number of hydrogen-bond donors (Lipinski definition) is 2. The van der Waals surface area contributed by atoms with Crippen LogP contribution in [0, 0.1) is 17.0 Å². The molecule has 24 heavy (non-hydrogen) atoms. The molecule has 0 bridgehead atoms. The van der Waals surface area contributed by atoms with E-state index < -0.39 is 22.3 Å². The van der Waals surface area contributed by atoms with Gasteiger partial charge in [0.05, 0.1) is 29.6 Å². The Hall–Kier alpha value is -3.36. The first kappa shape index (κ1) is 17.0. The number of phenolic OH excluding ortho intramolecular Hbond substituents is 1. The number of phenols is 1. The van der Waals surface area contributed by atoms with Crippen molar-refractivity contribution < 1.29 is 24.0 Å². The molecule has 0 fully saturated rings. The van der Waals surface area contributed by atoms with E-state index in [0.29, 0.717) is 11.3 Å². The summed E-state index contributed by atoms with van der Waals surface area (Å²) in [6.07, 6.45) is 2.59. The maximum absolute atomic E-state index is 11.9. The molecule has 126 valence electrons. The van der Waals surface area contributed by atoms with Crippen LogP contribution in [0.4, 0.5) is 5.69 Å². The minimum absolute atomic E-state index is 0.0369. The lowest BCUT2D eigenvalue weighted by molar-refractivity contribution is -0.386. The number of carbonyl (C=O) groups is 1. The fourth-order valence-electron chi connectivity index (χ4n) is 1.94. The second-order valence-corrected chi connectivity index (χ2v) is 4.67. The average molecular weight is 333 g/mol. The predicted octanol–water partition coefficient (Wildman–Crippen LogP) is 2.36. The summed E-state index contributed by atoms with van der Waals surface area (Å²) in [7, 11) is 0. The van der Waals surface area contributed by atoms with Gasteiger partial charge in [0.25, 0.3) is 5.91 Å². The number of aryl methyl sites for hydroxylation is 1. The first-order chi connectivity index (χ1) is 11.4. The number of nitro benzene ring substituents is 1. The lowest BCUT2D eigenvalue weighted by Crippen LogP contribution is -2.17. The molecule has 0 atom stereocenters. The number of nitrogens with one attached hydrogen (secondary N) is 1. The van der Waals surface area contributed by atoms with Crippen LogP contribution in [0.5, 0.6) is 11.5 Å². The van der Waals surface area contributed by atoms with E-state index in [2.05, 4.69) is 10.5 Å². The van der Waals surface area contributed by atoms with E-state index in [1.54, 1.807) is 13.8 Å². The van der Waals surface area contributed by atoms with Crippen LogP contribution in [-0.2, 0) is 0 Å². The summed E-state index contributed by atoms with van der Waals surface area (Å²) >= 11 is 0. The molecule has 0 aliphatic heterocycles. The standard InChI is InChI=1S/C15H15N3O6/c1-3-23-13-7-10(6-12(14(13)19)18(21)22)8-16-17-15(20)11-4-5-24-9(11)2/h4-8,19H,3H2,1-2H3,(H,17,20). The fourth-order valence-corrected chi connectivity index (χ4v) is 1.94. The summed E-state index contributed by atoms with van der Waals surface area (Å²) < 4.78 is 10.2. The van der Waals surface area contributed by atoms with Crippen molar-refractivity contribution in [3.05, 3.63) is 51.5 Å². The zero-order valence-corrected chi connectivity index (χ0v) is 13.0. The number of ether oxygens (including phenoxy) is 1. The molecule has 0 spiro atoms. The van der Waals surface area contributed by atoms with Gasteiger partial charge in [-0.25, -0.2) is 5.43 Å². The summed E-state index contributed by atoms with van der Waals surface area (Å²) in [5.41, 5.74) is 2.39. The van der Waals surface area contributed by atoms with E-state index in [0.717, 1.165) is 6.07 Å². The van der Waals surface area contributed by atoms with Gasteiger partial charge in [0.15, 0.2) is 5.75 Å². The highest BCUT2D eigenvalue weighted by atomic mass is 16.6. The summed E-state index contributed by atoms with van der Waals surface area (Å²) in [6.45, 7) is 3.54. The van der Waals surface area contributed by atoms with Crippen LogP contribution >= 0.6 is 0 Å². The summed E-state index contributed by atoms with van der Waals surface area (Å²) in [5, 5.41) is 24.5. The number of aromatic hydroxyl groups is 1. The number of nitrogens with zero attached hydrogens (tertiary/aromatic N) is 2. The number of rotatable bonds is 6. The third kappa shape index (κ3) is 3.69. The van der Waals surface area contributed by atoms with Crippen molar-refractivity contribution >= 4 is 17.8 Å². The minimum Gasteiger partial charge on any atom is -0.500 e. The zero-order chi connectivity index (χ0) is 17.7. The Morgan fingerprint density at radius 3 is 2.88 bits per heavy atom. The fraction of sp³-hybridized carbons (Fsp3) is 0.200. The highest BCUT2D eigenvalue weighted by molar-refractivity contribution is 5.95. The Bertz CT molecular complexity index is 797. The lowest BCUT2D eigenvalue weighted by atomic mass is 10.2. The van der Waals surface area contributed by atoms with Gasteiger partial charge >= 0.3 is 5.69 Å². The molecule has 0 aliphatic rings. The summed E-state index contributed by atoms with van der Waals surface area (Å²) in [4.78, 5) is 22.1. The Morgan fingerprint density at radius 1 is 1.54 bits per heavy atom. The molecule has 0 unspecified atom stereocenters. The molecule has 1 aromatic carbocycles. The molecule has 0 aliphatic carbocycles. The van der Waals surface area contributed by atoms with Gasteiger partial charge in [0.1, 0.15) is 5.76 Å². The number of amides is 1. The van der Waals surface area contributed by atoms with Gasteiger partial charge in [0.2, 0.25) is 5.75 Å². The van der Waals surface area contributed by atoms with E-state index in [4.69, 9.17) is 9.15 Å². The van der Waals surface area contributed by atoms with Gasteiger partial charge in [-0.1, -0.05) is 0 Å². The van der Waals surface area contributed by atoms with Crippen LogP contribution in [0.1, 0.15) is 28.6 Å². The normalized spacial score (nSPS) is 10.8. The van der Waals surface area contributed by atoms with E-state index in [9.17, 15) is 20.0 Å². The first-order valence-electron chi connectivity index (χ1n) is 6.95. The van der Waals surface area contributed by atoms with Crippen LogP contribution in [0.25, 0.3) is 0 Å². The van der Waals surface area contributed by atoms with Crippen molar-refractivity contribution in [2.75, 3.05) is 6.61 Å². The molecule has 0 saturated heterocycles. The number of furan rings is 1. The van der Waals surface area contributed by atoms with E-state index >= 15 is 0 Å². The Morgan fingerprint density at radius 2 is 2.29 bits per heavy atom. The van der Waals surface area contributed by atoms with Gasteiger partial charge in [-0.3, -0.25) is 14.9 Å². The highest BCUT2D eigenvalue weighted by Crippen LogP contribution is 2.36. The van der Waals surface area contributed by atoms with Crippen LogP contribution < -0.4 is 10.2 Å². The summed E-state index contributed by atoms with van der Waals surface area (Å²) in [6, 6.07) is 4.00. The lowest BCUT2D eigenvalue weighted by Gasteiger charge is -2.07. The molecule has 2 N–H and O–H groups in total. The Kier molecular flexibility index (Phi) is 5.15. The average Bonchev–Trinajstić information content (AvgIpc) is 2.96. The second kappa shape index (κ2) is 7.27. The van der Waals surface area contributed by atoms with Crippen molar-refractivity contribution in [2.24, 2.45) is 5.10 Å². The molecule has 1 aromatic heterocycles. The Labute approximate surface area is 136 Å². The number of carbonyl (C=O) groups excluding carboxylic acids is 1. The zero-order valence-electron chi connectivity index (χ0n) is 13.0. The predicted molar refractivity (Wildman–Crippen MR) is 84.4 cm³/mol. The SMILES string of the molecule is CCOc1cc(C=NNC(=O)c2ccoc2C)cc([N+](=O)[O-])c1O. The molecule has 0 saturated carbocycles. The third-order valence-corrected chi connectivity index (χ3v) is 3.06. The highest BCUT2D eigenvalue weighted by Gasteiger charge is 2.19. The summed E-state index contributed by atoms with van der Waals surface area (Å²) in [5.74, 6) is -0.625. The quantitative estimate of drug-likeness (QED) is 0.474. The Balaban J connectivity index is 2.21. The van der Waals surface area contributed by atoms with Gasteiger partial charge in [-0.05, 0) is 26.0 Å². The molecule has 2 aromatic rings. The minimum atomic E-state index is -0.734. The second-order valence-electron chi connectivity index (χ2n) is 4.67. The molecular formula is C15H15N3O6. The molecule has 9 nitrogen and oxygen atoms in total. The number of hydrogen-bond acceptors (Lipinski definition) is 7. The van der Waals surface area contributed by atoms with E-state index in [-0.39, 0.29) is 17.9 Å².